The van der Waals surface area contributed by atoms with E-state index in [1.807, 2.05) is 24.3 Å². The SMILES string of the molecule is COCc1cccc(NC(=O)C2(C#N)CCOCC2)c1. The van der Waals surface area contributed by atoms with Crippen molar-refractivity contribution in [1.29, 1.82) is 5.26 Å². The van der Waals surface area contributed by atoms with E-state index in [9.17, 15) is 10.1 Å². The van der Waals surface area contributed by atoms with Crippen LogP contribution in [0.1, 0.15) is 18.4 Å². The molecule has 0 bridgehead atoms. The number of carbonyl (C=O) groups is 1. The van der Waals surface area contributed by atoms with Gasteiger partial charge in [-0.1, -0.05) is 12.1 Å². The summed E-state index contributed by atoms with van der Waals surface area (Å²) >= 11 is 0. The molecule has 1 saturated heterocycles. The third kappa shape index (κ3) is 3.16. The second kappa shape index (κ2) is 6.51. The Morgan fingerprint density at radius 2 is 2.25 bits per heavy atom. The van der Waals surface area contributed by atoms with Gasteiger partial charge in [0.1, 0.15) is 5.41 Å². The van der Waals surface area contributed by atoms with E-state index >= 15 is 0 Å². The van der Waals surface area contributed by atoms with E-state index in [1.54, 1.807) is 7.11 Å². The summed E-state index contributed by atoms with van der Waals surface area (Å²) in [4.78, 5) is 12.4. The van der Waals surface area contributed by atoms with Gasteiger partial charge in [-0.2, -0.15) is 5.26 Å². The highest BCUT2D eigenvalue weighted by molar-refractivity contribution is 5.97. The van der Waals surface area contributed by atoms with Crippen molar-refractivity contribution < 1.29 is 14.3 Å². The molecule has 20 heavy (non-hydrogen) atoms. The maximum Gasteiger partial charge on any atom is 0.245 e. The van der Waals surface area contributed by atoms with Gasteiger partial charge in [0.2, 0.25) is 5.91 Å². The normalized spacial score (nSPS) is 17.2. The number of carbonyl (C=O) groups excluding carboxylic acids is 1. The van der Waals surface area contributed by atoms with Gasteiger partial charge < -0.3 is 14.8 Å². The van der Waals surface area contributed by atoms with Gasteiger partial charge in [0.05, 0.1) is 12.7 Å². The number of nitriles is 1. The predicted molar refractivity (Wildman–Crippen MR) is 73.9 cm³/mol. The Balaban J connectivity index is 2.10. The number of hydrogen-bond donors (Lipinski definition) is 1. The van der Waals surface area contributed by atoms with Crippen LogP contribution < -0.4 is 5.32 Å². The smallest absolute Gasteiger partial charge is 0.245 e. The first-order valence-corrected chi connectivity index (χ1v) is 6.58. The van der Waals surface area contributed by atoms with Gasteiger partial charge in [-0.3, -0.25) is 4.79 Å². The summed E-state index contributed by atoms with van der Waals surface area (Å²) in [5, 5.41) is 12.2. The first kappa shape index (κ1) is 14.5. The molecule has 1 aliphatic heterocycles. The minimum absolute atomic E-state index is 0.252. The highest BCUT2D eigenvalue weighted by atomic mass is 16.5. The zero-order valence-corrected chi connectivity index (χ0v) is 11.5. The molecule has 0 aromatic heterocycles. The van der Waals surface area contributed by atoms with Crippen LogP contribution in [0, 0.1) is 16.7 Å². The largest absolute Gasteiger partial charge is 0.381 e. The highest BCUT2D eigenvalue weighted by Crippen LogP contribution is 2.31. The lowest BCUT2D eigenvalue weighted by atomic mass is 9.81. The third-order valence-electron chi connectivity index (χ3n) is 3.49. The molecule has 1 N–H and O–H groups in total. The number of benzene rings is 1. The van der Waals surface area contributed by atoms with Crippen LogP contribution in [-0.4, -0.2) is 26.2 Å². The molecule has 0 radical (unpaired) electrons. The van der Waals surface area contributed by atoms with Gasteiger partial charge in [0.25, 0.3) is 0 Å². The second-order valence-electron chi connectivity index (χ2n) is 4.89. The van der Waals surface area contributed by atoms with Crippen LogP contribution in [-0.2, 0) is 20.9 Å². The lowest BCUT2D eigenvalue weighted by molar-refractivity contribution is -0.126. The molecule has 1 aliphatic rings. The molecule has 0 aliphatic carbocycles. The van der Waals surface area contributed by atoms with Crippen molar-refractivity contribution in [3.8, 4) is 6.07 Å². The van der Waals surface area contributed by atoms with E-state index in [0.717, 1.165) is 5.56 Å². The minimum Gasteiger partial charge on any atom is -0.381 e. The first-order chi connectivity index (χ1) is 9.70. The number of methoxy groups -OCH3 is 1. The Bertz CT molecular complexity index is 516. The van der Waals surface area contributed by atoms with E-state index in [0.29, 0.717) is 38.3 Å². The quantitative estimate of drug-likeness (QED) is 0.912. The molecule has 1 aromatic rings. The van der Waals surface area contributed by atoms with Crippen molar-refractivity contribution in [2.24, 2.45) is 5.41 Å². The molecule has 106 valence electrons. The molecular formula is C15H18N2O3. The number of anilines is 1. The number of nitrogens with zero attached hydrogens (tertiary/aromatic N) is 1. The number of ether oxygens (including phenoxy) is 2. The summed E-state index contributed by atoms with van der Waals surface area (Å²) in [6, 6.07) is 9.60. The Labute approximate surface area is 118 Å². The number of hydrogen-bond acceptors (Lipinski definition) is 4. The molecule has 5 heteroatoms. The van der Waals surface area contributed by atoms with Gasteiger partial charge in [-0.05, 0) is 30.5 Å². The van der Waals surface area contributed by atoms with E-state index in [4.69, 9.17) is 9.47 Å². The number of amides is 1. The predicted octanol–water partition coefficient (Wildman–Crippen LogP) is 2.09. The molecule has 0 unspecified atom stereocenters. The summed E-state index contributed by atoms with van der Waals surface area (Å²) in [6.45, 7) is 1.39. The van der Waals surface area contributed by atoms with Crippen LogP contribution in [0.4, 0.5) is 5.69 Å². The average Bonchev–Trinajstić information content (AvgIpc) is 2.48. The van der Waals surface area contributed by atoms with E-state index in [2.05, 4.69) is 11.4 Å². The molecule has 2 rings (SSSR count). The summed E-state index contributed by atoms with van der Waals surface area (Å²) in [7, 11) is 1.62. The summed E-state index contributed by atoms with van der Waals surface area (Å²) in [5.41, 5.74) is 0.684. The maximum absolute atomic E-state index is 12.4. The minimum atomic E-state index is -0.977. The van der Waals surface area contributed by atoms with Gasteiger partial charge >= 0.3 is 0 Å². The molecule has 0 atom stereocenters. The molecule has 0 spiro atoms. The second-order valence-corrected chi connectivity index (χ2v) is 4.89. The van der Waals surface area contributed by atoms with Crippen LogP contribution in [0.3, 0.4) is 0 Å². The topological polar surface area (TPSA) is 71.3 Å². The Morgan fingerprint density at radius 1 is 1.50 bits per heavy atom. The lowest BCUT2D eigenvalue weighted by Crippen LogP contribution is -2.39. The molecule has 0 saturated carbocycles. The molecular weight excluding hydrogens is 256 g/mol. The molecule has 5 nitrogen and oxygen atoms in total. The van der Waals surface area contributed by atoms with Gasteiger partial charge in [0, 0.05) is 26.0 Å². The number of rotatable bonds is 4. The van der Waals surface area contributed by atoms with Gasteiger partial charge in [-0.25, -0.2) is 0 Å². The third-order valence-corrected chi connectivity index (χ3v) is 3.49. The molecule has 1 amide bonds. The van der Waals surface area contributed by atoms with Crippen molar-refractivity contribution in [3.05, 3.63) is 29.8 Å². The average molecular weight is 274 g/mol. The van der Waals surface area contributed by atoms with Crippen molar-refractivity contribution in [2.75, 3.05) is 25.6 Å². The zero-order valence-electron chi connectivity index (χ0n) is 11.5. The summed E-state index contributed by atoms with van der Waals surface area (Å²) in [5.74, 6) is -0.252. The number of nitrogens with one attached hydrogen (secondary N) is 1. The standard InChI is InChI=1S/C15H18N2O3/c1-19-10-12-3-2-4-13(9-12)17-14(18)15(11-16)5-7-20-8-6-15/h2-4,9H,5-8,10H2,1H3,(H,17,18). The van der Waals surface area contributed by atoms with Crippen LogP contribution in [0.5, 0.6) is 0 Å². The van der Waals surface area contributed by atoms with Crippen LogP contribution >= 0.6 is 0 Å². The van der Waals surface area contributed by atoms with E-state index in [-0.39, 0.29) is 5.91 Å². The Morgan fingerprint density at radius 3 is 2.90 bits per heavy atom. The zero-order chi connectivity index (χ0) is 14.4. The fraction of sp³-hybridized carbons (Fsp3) is 0.467. The van der Waals surface area contributed by atoms with E-state index < -0.39 is 5.41 Å². The maximum atomic E-state index is 12.4. The Hall–Kier alpha value is -1.90. The van der Waals surface area contributed by atoms with Crippen molar-refractivity contribution in [1.82, 2.24) is 0 Å². The van der Waals surface area contributed by atoms with Crippen molar-refractivity contribution in [3.63, 3.8) is 0 Å². The van der Waals surface area contributed by atoms with Gasteiger partial charge in [-0.15, -0.1) is 0 Å². The van der Waals surface area contributed by atoms with Gasteiger partial charge in [0.15, 0.2) is 0 Å². The van der Waals surface area contributed by atoms with Crippen LogP contribution in [0.15, 0.2) is 24.3 Å². The summed E-state index contributed by atoms with van der Waals surface area (Å²) in [6.07, 6.45) is 0.875. The van der Waals surface area contributed by atoms with Crippen molar-refractivity contribution in [2.45, 2.75) is 19.4 Å². The molecule has 1 aromatic carbocycles. The molecule has 1 heterocycles. The highest BCUT2D eigenvalue weighted by Gasteiger charge is 2.40. The molecule has 1 fully saturated rings. The monoisotopic (exact) mass is 274 g/mol. The van der Waals surface area contributed by atoms with Crippen LogP contribution in [0.25, 0.3) is 0 Å². The van der Waals surface area contributed by atoms with Crippen molar-refractivity contribution >= 4 is 11.6 Å². The summed E-state index contributed by atoms with van der Waals surface area (Å²) < 4.78 is 10.3. The van der Waals surface area contributed by atoms with Crippen LogP contribution in [0.2, 0.25) is 0 Å². The van der Waals surface area contributed by atoms with E-state index in [1.165, 1.54) is 0 Å². The Kier molecular flexibility index (Phi) is 4.72. The lowest BCUT2D eigenvalue weighted by Gasteiger charge is -2.29. The fourth-order valence-corrected chi connectivity index (χ4v) is 2.27. The fourth-order valence-electron chi connectivity index (χ4n) is 2.27. The first-order valence-electron chi connectivity index (χ1n) is 6.58.